The summed E-state index contributed by atoms with van der Waals surface area (Å²) in [6.07, 6.45) is 18.2. The Morgan fingerprint density at radius 2 is 1.78 bits per heavy atom. The quantitative estimate of drug-likeness (QED) is 0.119. The minimum absolute atomic E-state index is 0.0794. The van der Waals surface area contributed by atoms with Crippen LogP contribution >= 0.6 is 11.6 Å². The van der Waals surface area contributed by atoms with Crippen molar-refractivity contribution in [3.63, 3.8) is 0 Å². The van der Waals surface area contributed by atoms with Crippen molar-refractivity contribution in [2.24, 2.45) is 16.8 Å². The number of benzene rings is 1. The lowest BCUT2D eigenvalue weighted by Gasteiger charge is -2.35. The van der Waals surface area contributed by atoms with Crippen LogP contribution in [0.15, 0.2) is 112 Å². The molecule has 0 bridgehead atoms. The van der Waals surface area contributed by atoms with Crippen molar-refractivity contribution in [3.8, 4) is 0 Å². The van der Waals surface area contributed by atoms with Crippen molar-refractivity contribution in [3.05, 3.63) is 112 Å². The molecule has 18 heteroatoms. The Morgan fingerprint density at radius 3 is 2.52 bits per heavy atom. The summed E-state index contributed by atoms with van der Waals surface area (Å²) in [5.74, 6) is -3.78. The molecule has 0 radical (unpaired) electrons. The van der Waals surface area contributed by atoms with Crippen LogP contribution in [0.5, 0.6) is 0 Å². The molecule has 1 aromatic rings. The molecule has 1 aromatic carbocycles. The molecule has 6 amide bonds. The topological polar surface area (TPSA) is 197 Å². The normalized spacial score (nSPS) is 26.0. The van der Waals surface area contributed by atoms with Crippen LogP contribution in [-0.2, 0) is 28.8 Å². The van der Waals surface area contributed by atoms with Gasteiger partial charge in [-0.3, -0.25) is 43.9 Å². The van der Waals surface area contributed by atoms with Gasteiger partial charge >= 0.3 is 0 Å². The maximum absolute atomic E-state index is 14.8. The molecule has 4 heterocycles. The van der Waals surface area contributed by atoms with Gasteiger partial charge in [0, 0.05) is 68.6 Å². The van der Waals surface area contributed by atoms with Crippen molar-refractivity contribution in [1.82, 2.24) is 41.3 Å². The number of piperazine rings is 1. The zero-order valence-corrected chi connectivity index (χ0v) is 35.3. The number of hydrogen-bond donors (Lipinski definition) is 6. The van der Waals surface area contributed by atoms with Gasteiger partial charge in [0.05, 0.1) is 28.8 Å². The van der Waals surface area contributed by atoms with E-state index < -0.39 is 53.6 Å². The largest absolute Gasteiger partial charge is 0.388 e. The van der Waals surface area contributed by atoms with E-state index >= 15 is 0 Å². The van der Waals surface area contributed by atoms with Gasteiger partial charge in [-0.25, -0.2) is 9.38 Å². The van der Waals surface area contributed by atoms with Crippen LogP contribution < -0.4 is 31.9 Å². The van der Waals surface area contributed by atoms with Gasteiger partial charge in [0.25, 0.3) is 5.91 Å². The van der Waals surface area contributed by atoms with Crippen LogP contribution in [-0.4, -0.2) is 114 Å². The van der Waals surface area contributed by atoms with Crippen LogP contribution in [0.1, 0.15) is 44.9 Å². The van der Waals surface area contributed by atoms with Crippen molar-refractivity contribution in [1.29, 1.82) is 0 Å². The first-order valence-electron chi connectivity index (χ1n) is 21.4. The molecule has 5 atom stereocenters. The Kier molecular flexibility index (Phi) is 13.3. The van der Waals surface area contributed by atoms with E-state index in [1.54, 1.807) is 54.6 Å². The average molecular weight is 881 g/mol. The number of nitrogens with one attached hydrogen (secondary N) is 6. The maximum Gasteiger partial charge on any atom is 0.255 e. The molecule has 0 saturated carbocycles. The number of likely N-dealkylation sites (tertiary alicyclic amines) is 1. The number of allylic oxidation sites excluding steroid dienone is 6. The highest BCUT2D eigenvalue weighted by molar-refractivity contribution is 6.34. The second-order valence-corrected chi connectivity index (χ2v) is 16.8. The smallest absolute Gasteiger partial charge is 0.255 e. The molecule has 0 aromatic heterocycles. The first kappa shape index (κ1) is 43.3. The number of hydrogen-bond acceptors (Lipinski definition) is 12. The molecule has 3 saturated heterocycles. The van der Waals surface area contributed by atoms with Crippen LogP contribution in [0.4, 0.5) is 10.1 Å². The van der Waals surface area contributed by atoms with Gasteiger partial charge in [0.1, 0.15) is 11.9 Å². The number of halogens is 2. The lowest BCUT2D eigenvalue weighted by atomic mass is 9.88. The summed E-state index contributed by atoms with van der Waals surface area (Å²) >= 11 is 6.17. The summed E-state index contributed by atoms with van der Waals surface area (Å²) in [7, 11) is 0. The molecule has 5 unspecified atom stereocenters. The third-order valence-corrected chi connectivity index (χ3v) is 12.5. The number of anilines is 1. The van der Waals surface area contributed by atoms with Gasteiger partial charge in [-0.05, 0) is 62.9 Å². The Labute approximate surface area is 369 Å². The van der Waals surface area contributed by atoms with Crippen LogP contribution in [0.2, 0.25) is 5.02 Å². The Bertz CT molecular complexity index is 2310. The predicted molar refractivity (Wildman–Crippen MR) is 233 cm³/mol. The minimum Gasteiger partial charge on any atom is -0.388 e. The fraction of sp³-hybridized carbons (Fsp3) is 0.400. The van der Waals surface area contributed by atoms with E-state index in [0.29, 0.717) is 67.3 Å². The fourth-order valence-electron chi connectivity index (χ4n) is 8.68. The number of carbonyl (C=O) groups is 6. The summed E-state index contributed by atoms with van der Waals surface area (Å²) in [5, 5.41) is 18.4. The zero-order chi connectivity index (χ0) is 44.0. The van der Waals surface area contributed by atoms with Gasteiger partial charge in [0.15, 0.2) is 12.1 Å². The summed E-state index contributed by atoms with van der Waals surface area (Å²) in [6.45, 7) is 4.15. The molecule has 8 rings (SSSR count). The lowest BCUT2D eigenvalue weighted by molar-refractivity contribution is -0.151. The molecule has 3 fully saturated rings. The molecule has 63 heavy (non-hydrogen) atoms. The Morgan fingerprint density at radius 1 is 0.952 bits per heavy atom. The number of piperidine rings is 1. The van der Waals surface area contributed by atoms with Crippen molar-refractivity contribution in [2.75, 3.05) is 44.6 Å². The number of rotatable bonds is 14. The molecule has 7 aliphatic rings. The first-order valence-corrected chi connectivity index (χ1v) is 21.8. The van der Waals surface area contributed by atoms with E-state index in [4.69, 9.17) is 11.6 Å². The molecule has 4 aliphatic heterocycles. The third kappa shape index (κ3) is 10.2. The minimum atomic E-state index is -0.976. The number of imide groups is 2. The lowest BCUT2D eigenvalue weighted by Crippen LogP contribution is -2.54. The summed E-state index contributed by atoms with van der Waals surface area (Å²) in [5.41, 5.74) is 3.61. The number of amides is 6. The van der Waals surface area contributed by atoms with Gasteiger partial charge in [-0.1, -0.05) is 65.8 Å². The molecule has 6 N–H and O–H groups in total. The SMILES string of the molecule is O=C1CCC(N2C(=O)C3C=CC=C(NCCCN4CCN(C(=O)CC5=CC=C(NC6N=CC(F)=C(NC7C=CC(C(=O)Nc8ccccc8Cl)=CC7)N6)CC5)CC4)C3C2=O)C(=O)N1. The van der Waals surface area contributed by atoms with E-state index in [1.807, 2.05) is 23.1 Å². The monoisotopic (exact) mass is 880 g/mol. The van der Waals surface area contributed by atoms with Crippen LogP contribution in [0.25, 0.3) is 0 Å². The van der Waals surface area contributed by atoms with Gasteiger partial charge in [0.2, 0.25) is 29.5 Å². The van der Waals surface area contributed by atoms with E-state index in [9.17, 15) is 33.2 Å². The Hall–Kier alpha value is -6.33. The highest BCUT2D eigenvalue weighted by Gasteiger charge is 2.53. The van der Waals surface area contributed by atoms with Gasteiger partial charge in [-0.2, -0.15) is 0 Å². The third-order valence-electron chi connectivity index (χ3n) is 12.1. The van der Waals surface area contributed by atoms with Crippen molar-refractivity contribution < 1.29 is 33.2 Å². The van der Waals surface area contributed by atoms with Crippen molar-refractivity contribution in [2.45, 2.75) is 63.3 Å². The summed E-state index contributed by atoms with van der Waals surface area (Å²) < 4.78 is 14.8. The van der Waals surface area contributed by atoms with E-state index in [0.717, 1.165) is 42.2 Å². The number of carbonyl (C=O) groups excluding carboxylic acids is 6. The molecule has 330 valence electrons. The van der Waals surface area contributed by atoms with E-state index in [2.05, 4.69) is 41.8 Å². The predicted octanol–water partition coefficient (Wildman–Crippen LogP) is 2.79. The number of nitrogens with zero attached hydrogens (tertiary/aromatic N) is 4. The zero-order valence-electron chi connectivity index (χ0n) is 34.6. The molecule has 16 nitrogen and oxygen atoms in total. The molecular weight excluding hydrogens is 831 g/mol. The highest BCUT2D eigenvalue weighted by Crippen LogP contribution is 2.37. The van der Waals surface area contributed by atoms with Gasteiger partial charge in [-0.15, -0.1) is 0 Å². The van der Waals surface area contributed by atoms with Crippen molar-refractivity contribution >= 4 is 58.9 Å². The van der Waals surface area contributed by atoms with Crippen LogP contribution in [0, 0.1) is 11.8 Å². The summed E-state index contributed by atoms with van der Waals surface area (Å²) in [6, 6.07) is 5.78. The maximum atomic E-state index is 14.8. The number of aliphatic imine (C=N–C) groups is 1. The molecule has 0 spiro atoms. The number of fused-ring (bicyclic) bond motifs is 1. The van der Waals surface area contributed by atoms with E-state index in [-0.39, 0.29) is 36.5 Å². The number of para-hydroxylation sites is 1. The highest BCUT2D eigenvalue weighted by atomic mass is 35.5. The molecule has 3 aliphatic carbocycles. The second-order valence-electron chi connectivity index (χ2n) is 16.4. The molecular formula is C45H50ClFN10O6. The standard InChI is InChI=1S/C45H50ClFN10O6/c46-32-6-1-2-7-34(32)52-41(60)28-11-15-29(16-12-28)50-40-33(47)26-49-45(54-40)51-30-13-9-27(10-14-30)25-38(59)56-23-21-55(22-24-56)20-4-19-48-35-8-3-5-31-39(35)44(63)57(43(31)62)36-17-18-37(58)53-42(36)61/h1-3,5-9,11-13,15,26,29,31,36,39,45,48,50-51,54H,4,10,14,16-25H2,(H,52,60)(H,53,58,61). The van der Waals surface area contributed by atoms with Crippen LogP contribution in [0.3, 0.4) is 0 Å². The average Bonchev–Trinajstić information content (AvgIpc) is 3.54. The van der Waals surface area contributed by atoms with E-state index in [1.165, 1.54) is 6.21 Å². The Balaban J connectivity index is 0.725. The second kappa shape index (κ2) is 19.4. The fourth-order valence-corrected chi connectivity index (χ4v) is 8.86. The van der Waals surface area contributed by atoms with Gasteiger partial charge < -0.3 is 31.5 Å². The first-order chi connectivity index (χ1) is 30.5. The summed E-state index contributed by atoms with van der Waals surface area (Å²) in [4.78, 5) is 86.3.